The normalized spacial score (nSPS) is 11.4. The summed E-state index contributed by atoms with van der Waals surface area (Å²) in [6.07, 6.45) is 0. The number of aryl methyl sites for hydroxylation is 24. The molecule has 5 heteroatoms. The summed E-state index contributed by atoms with van der Waals surface area (Å²) < 4.78 is 0. The topological polar surface area (TPSA) is 17.1 Å². The van der Waals surface area contributed by atoms with Gasteiger partial charge in [0.1, 0.15) is 0 Å². The average molecular weight is 1170 g/mol. The summed E-state index contributed by atoms with van der Waals surface area (Å²) in [6, 6.07) is 51.9. The zero-order valence-corrected chi connectivity index (χ0v) is 58.9. The number of ketones is 1. The highest BCUT2D eigenvalue weighted by Crippen LogP contribution is 2.22. The van der Waals surface area contributed by atoms with Gasteiger partial charge in [0.25, 0.3) is 0 Å². The lowest BCUT2D eigenvalue weighted by atomic mass is 9.31. The third-order valence-electron chi connectivity index (χ3n) is 20.0. The van der Waals surface area contributed by atoms with Crippen LogP contribution < -0.4 is 65.6 Å². The average Bonchev–Trinajstić information content (AvgIpc) is 0.841. The minimum atomic E-state index is -0.186. The van der Waals surface area contributed by atoms with E-state index in [1.54, 1.807) is 0 Å². The molecular formula is C85H94B4O. The van der Waals surface area contributed by atoms with Crippen molar-refractivity contribution in [2.24, 2.45) is 0 Å². The van der Waals surface area contributed by atoms with Crippen LogP contribution in [0, 0.1) is 166 Å². The summed E-state index contributed by atoms with van der Waals surface area (Å²) >= 11 is 0. The molecule has 452 valence electrons. The molecule has 0 N–H and O–H groups in total. The van der Waals surface area contributed by atoms with Gasteiger partial charge in [-0.1, -0.05) is 333 Å². The number of carbonyl (C=O) groups excluding carboxylic acids is 1. The van der Waals surface area contributed by atoms with Crippen LogP contribution in [0.25, 0.3) is 0 Å². The molecule has 0 spiro atoms. The molecule has 0 bridgehead atoms. The molecule has 0 heterocycles. The number of hydrogen-bond donors (Lipinski definition) is 0. The van der Waals surface area contributed by atoms with Gasteiger partial charge in [-0.15, -0.1) is 0 Å². The van der Waals surface area contributed by atoms with E-state index in [1.807, 2.05) is 0 Å². The molecule has 10 aromatic rings. The van der Waals surface area contributed by atoms with Crippen molar-refractivity contribution in [1.29, 1.82) is 0 Å². The van der Waals surface area contributed by atoms with E-state index in [1.165, 1.54) is 177 Å². The van der Waals surface area contributed by atoms with Crippen LogP contribution in [0.2, 0.25) is 0 Å². The van der Waals surface area contributed by atoms with Gasteiger partial charge < -0.3 is 0 Å². The predicted octanol–water partition coefficient (Wildman–Crippen LogP) is 12.4. The Bertz CT molecular complexity index is 3590. The van der Waals surface area contributed by atoms with Gasteiger partial charge in [-0.3, -0.25) is 4.79 Å². The molecule has 10 rings (SSSR count). The van der Waals surface area contributed by atoms with Crippen molar-refractivity contribution < 1.29 is 4.79 Å². The Morgan fingerprint density at radius 1 is 0.178 bits per heavy atom. The summed E-state index contributed by atoms with van der Waals surface area (Å²) in [5.41, 5.74) is 46.3. The van der Waals surface area contributed by atoms with Crippen molar-refractivity contribution in [1.82, 2.24) is 0 Å². The van der Waals surface area contributed by atoms with Crippen molar-refractivity contribution >= 4 is 98.2 Å². The lowest BCUT2D eigenvalue weighted by Gasteiger charge is -2.29. The predicted molar refractivity (Wildman–Crippen MR) is 400 cm³/mol. The summed E-state index contributed by atoms with van der Waals surface area (Å²) in [5, 5.41) is 0. The summed E-state index contributed by atoms with van der Waals surface area (Å²) in [6.45, 7) is 53.7. The van der Waals surface area contributed by atoms with Crippen molar-refractivity contribution in [3.63, 3.8) is 0 Å². The van der Waals surface area contributed by atoms with Crippen LogP contribution in [0.5, 0.6) is 0 Å². The number of hydrogen-bond acceptors (Lipinski definition) is 1. The van der Waals surface area contributed by atoms with Crippen molar-refractivity contribution in [3.05, 3.63) is 278 Å². The van der Waals surface area contributed by atoms with Crippen LogP contribution in [-0.4, -0.2) is 32.6 Å². The van der Waals surface area contributed by atoms with Gasteiger partial charge in [0, 0.05) is 11.1 Å². The highest BCUT2D eigenvalue weighted by atomic mass is 16.1. The van der Waals surface area contributed by atoms with Crippen LogP contribution in [0.3, 0.4) is 0 Å². The third kappa shape index (κ3) is 12.5. The van der Waals surface area contributed by atoms with Crippen LogP contribution in [0.1, 0.15) is 149 Å². The van der Waals surface area contributed by atoms with E-state index >= 15 is 4.79 Å². The van der Waals surface area contributed by atoms with E-state index in [2.05, 4.69) is 300 Å². The first-order valence-corrected chi connectivity index (χ1v) is 32.9. The van der Waals surface area contributed by atoms with Gasteiger partial charge in [-0.05, 0) is 166 Å². The lowest BCUT2D eigenvalue weighted by molar-refractivity contribution is 0.103. The highest BCUT2D eigenvalue weighted by molar-refractivity contribution is 7.00. The van der Waals surface area contributed by atoms with Gasteiger partial charge in [-0.25, -0.2) is 0 Å². The maximum atomic E-state index is 17.5. The van der Waals surface area contributed by atoms with Gasteiger partial charge >= 0.3 is 0 Å². The minimum absolute atomic E-state index is 0.0185. The number of benzene rings is 10. The second-order valence-electron chi connectivity index (χ2n) is 28.3. The van der Waals surface area contributed by atoms with E-state index in [-0.39, 0.29) is 32.6 Å². The fourth-order valence-electron chi connectivity index (χ4n) is 17.5. The Hall–Kier alpha value is -7.87. The van der Waals surface area contributed by atoms with Crippen LogP contribution in [0.15, 0.2) is 133 Å². The SMILES string of the molecule is Cc1cc(C)c(B(c2cc(B(c3c(C)cc(C)cc3C)c3c(C)cc(C)cc3C)cc(C(=O)c3cc(B(c4c(C)cc(C)cc4C)c4c(C)cc(C)cc4C)cc(B(c4c(C)cc(C)cc4C)c4c(C)cc(C)cc4C)c3)c2)c2c(C)cc(C)cc2C)c(C)c1. The second-order valence-corrected chi connectivity index (χ2v) is 28.3. The third-order valence-corrected chi connectivity index (χ3v) is 20.0. The fourth-order valence-corrected chi connectivity index (χ4v) is 17.5. The first kappa shape index (κ1) is 65.1. The van der Waals surface area contributed by atoms with Gasteiger partial charge in [0.05, 0.1) is 0 Å². The lowest BCUT2D eigenvalue weighted by Crippen LogP contribution is -2.60. The fraction of sp³-hybridized carbons (Fsp3) is 0.282. The van der Waals surface area contributed by atoms with Gasteiger partial charge in [0.15, 0.2) is 5.78 Å². The molecular weight excluding hydrogens is 1080 g/mol. The maximum Gasteiger partial charge on any atom is 0.242 e. The zero-order valence-electron chi connectivity index (χ0n) is 58.9. The van der Waals surface area contributed by atoms with Crippen molar-refractivity contribution in [3.8, 4) is 0 Å². The standard InChI is InChI=1S/C85H94B4O/c1-47-25-55(9)77(56(10)26-47)86(78-57(11)27-48(2)28-58(78)12)73-41-71(42-74(45-73)87(79-59(13)29-49(3)30-60(79)14)80-61(15)31-50(4)32-62(80)16)85(90)72-43-75(88(81-63(17)33-51(5)34-64(81)18)82-65(19)35-52(6)36-66(82)20)46-76(44-72)89(83-67(21)37-53(7)38-68(83)22)84-69(23)39-54(8)40-70(84)24/h25-46H,1-24H3. The molecule has 0 aromatic heterocycles. The number of carbonyl (C=O) groups is 1. The van der Waals surface area contributed by atoms with E-state index in [0.29, 0.717) is 11.1 Å². The Kier molecular flexibility index (Phi) is 18.4. The Labute approximate surface area is 544 Å². The van der Waals surface area contributed by atoms with Crippen LogP contribution in [-0.2, 0) is 0 Å². The molecule has 1 nitrogen and oxygen atoms in total. The van der Waals surface area contributed by atoms with E-state index in [0.717, 1.165) is 21.9 Å². The Morgan fingerprint density at radius 3 is 0.400 bits per heavy atom. The Morgan fingerprint density at radius 2 is 0.289 bits per heavy atom. The first-order chi connectivity index (χ1) is 42.4. The molecule has 0 radical (unpaired) electrons. The van der Waals surface area contributed by atoms with Gasteiger partial charge in [0.2, 0.25) is 26.9 Å². The summed E-state index contributed by atoms with van der Waals surface area (Å²) in [7, 11) is 0. The largest absolute Gasteiger partial charge is 0.289 e. The number of rotatable bonds is 14. The molecule has 0 amide bonds. The van der Waals surface area contributed by atoms with Crippen LogP contribution in [0.4, 0.5) is 0 Å². The summed E-state index contributed by atoms with van der Waals surface area (Å²) in [4.78, 5) is 17.5. The molecule has 0 aliphatic rings. The van der Waals surface area contributed by atoms with Crippen molar-refractivity contribution in [2.45, 2.75) is 166 Å². The molecule has 10 aromatic carbocycles. The molecule has 0 saturated heterocycles. The highest BCUT2D eigenvalue weighted by Gasteiger charge is 2.37. The first-order valence-electron chi connectivity index (χ1n) is 32.9. The zero-order chi connectivity index (χ0) is 65.4. The Balaban J connectivity index is 1.40. The molecule has 0 aliphatic heterocycles. The quantitative estimate of drug-likeness (QED) is 0.0783. The van der Waals surface area contributed by atoms with E-state index in [4.69, 9.17) is 0 Å². The minimum Gasteiger partial charge on any atom is -0.289 e. The maximum absolute atomic E-state index is 17.5. The van der Waals surface area contributed by atoms with E-state index < -0.39 is 0 Å². The molecule has 0 atom stereocenters. The molecule has 0 unspecified atom stereocenters. The monoisotopic (exact) mass is 1170 g/mol. The molecule has 90 heavy (non-hydrogen) atoms. The van der Waals surface area contributed by atoms with Crippen LogP contribution >= 0.6 is 0 Å². The molecule has 0 aliphatic carbocycles. The van der Waals surface area contributed by atoms with Gasteiger partial charge in [-0.2, -0.15) is 0 Å². The summed E-state index contributed by atoms with van der Waals surface area (Å²) in [5.74, 6) is 0.0185. The molecule has 0 fully saturated rings. The second kappa shape index (κ2) is 25.4. The van der Waals surface area contributed by atoms with Crippen molar-refractivity contribution in [2.75, 3.05) is 0 Å². The smallest absolute Gasteiger partial charge is 0.242 e. The van der Waals surface area contributed by atoms with E-state index in [9.17, 15) is 0 Å². The molecule has 0 saturated carbocycles.